The van der Waals surface area contributed by atoms with Gasteiger partial charge in [0.1, 0.15) is 0 Å². The third-order valence-electron chi connectivity index (χ3n) is 1.91. The number of ether oxygens (including phenoxy) is 1. The van der Waals surface area contributed by atoms with Crippen molar-refractivity contribution in [1.82, 2.24) is 0 Å². The highest BCUT2D eigenvalue weighted by molar-refractivity contribution is 5.93. The maximum atomic E-state index is 13.2. The molecule has 0 aliphatic carbocycles. The van der Waals surface area contributed by atoms with Crippen molar-refractivity contribution in [2.45, 2.75) is 6.36 Å². The van der Waals surface area contributed by atoms with Gasteiger partial charge in [0.15, 0.2) is 0 Å². The number of methoxy groups -OCH3 is 1. The molecular weight excluding hydrogens is 199 g/mol. The van der Waals surface area contributed by atoms with Crippen LogP contribution in [0.3, 0.4) is 0 Å². The number of carbonyl (C=O) groups is 1. The van der Waals surface area contributed by atoms with Gasteiger partial charge in [-0.05, 0) is 18.2 Å². The second-order valence-corrected chi connectivity index (χ2v) is 2.83. The maximum absolute atomic E-state index is 13.2. The van der Waals surface area contributed by atoms with Crippen LogP contribution in [0.25, 0.3) is 0 Å². The number of rotatable bonds is 3. The third kappa shape index (κ3) is 2.30. The predicted molar refractivity (Wildman–Crippen MR) is 50.5 cm³/mol. The monoisotopic (exact) mass is 208 g/mol. The Morgan fingerprint density at radius 2 is 2.33 bits per heavy atom. The van der Waals surface area contributed by atoms with Gasteiger partial charge in [-0.25, -0.2) is 4.39 Å². The molecule has 1 unspecified atom stereocenters. The molecule has 0 spiro atoms. The topological polar surface area (TPSA) is 76.1 Å². The summed E-state index contributed by atoms with van der Waals surface area (Å²) in [5, 5.41) is 8.70. The van der Waals surface area contributed by atoms with E-state index >= 15 is 0 Å². The molecule has 0 heterocycles. The molecule has 0 aliphatic rings. The molecule has 0 bridgehead atoms. The van der Waals surface area contributed by atoms with Crippen LogP contribution in [0.1, 0.15) is 27.8 Å². The van der Waals surface area contributed by atoms with E-state index in [1.54, 1.807) is 6.07 Å². The molecule has 4 nitrogen and oxygen atoms in total. The van der Waals surface area contributed by atoms with Crippen LogP contribution in [0.2, 0.25) is 0 Å². The summed E-state index contributed by atoms with van der Waals surface area (Å²) in [4.78, 5) is 10.8. The van der Waals surface area contributed by atoms with E-state index in [0.717, 1.165) is 0 Å². The van der Waals surface area contributed by atoms with Gasteiger partial charge >= 0.3 is 0 Å². The summed E-state index contributed by atoms with van der Waals surface area (Å²) in [6.07, 6.45) is -1.74. The molecule has 0 aromatic heterocycles. The third-order valence-corrected chi connectivity index (χ3v) is 1.91. The van der Waals surface area contributed by atoms with E-state index in [0.29, 0.717) is 0 Å². The van der Waals surface area contributed by atoms with Gasteiger partial charge in [-0.3, -0.25) is 4.79 Å². The van der Waals surface area contributed by atoms with Crippen LogP contribution < -0.4 is 5.73 Å². The van der Waals surface area contributed by atoms with Gasteiger partial charge in [0.2, 0.25) is 12.3 Å². The Bertz CT molecular complexity index is 426. The van der Waals surface area contributed by atoms with Crippen molar-refractivity contribution >= 4 is 5.91 Å². The van der Waals surface area contributed by atoms with Gasteiger partial charge < -0.3 is 10.5 Å². The number of nitrogens with two attached hydrogens (primary N) is 1. The molecule has 15 heavy (non-hydrogen) atoms. The zero-order valence-corrected chi connectivity index (χ0v) is 8.03. The van der Waals surface area contributed by atoms with Gasteiger partial charge in [-0.15, -0.1) is 0 Å². The quantitative estimate of drug-likeness (QED) is 0.812. The molecular formula is C10H9FN2O2. The van der Waals surface area contributed by atoms with Crippen molar-refractivity contribution in [3.05, 3.63) is 34.9 Å². The van der Waals surface area contributed by atoms with Gasteiger partial charge in [0, 0.05) is 18.2 Å². The lowest BCUT2D eigenvalue weighted by atomic mass is 10.0. The molecule has 0 aliphatic heterocycles. The molecule has 0 saturated heterocycles. The van der Waals surface area contributed by atoms with Gasteiger partial charge in [0.25, 0.3) is 0 Å². The fourth-order valence-electron chi connectivity index (χ4n) is 1.13. The molecule has 2 N–H and O–H groups in total. The average molecular weight is 208 g/mol. The zero-order chi connectivity index (χ0) is 11.4. The summed E-state index contributed by atoms with van der Waals surface area (Å²) in [5.41, 5.74) is 5.30. The SMILES string of the molecule is COC(F)c1cc(C(N)=O)ccc1C#N. The number of nitriles is 1. The summed E-state index contributed by atoms with van der Waals surface area (Å²) in [6.45, 7) is 0. The van der Waals surface area contributed by atoms with Crippen LogP contribution in [-0.4, -0.2) is 13.0 Å². The molecule has 78 valence electrons. The highest BCUT2D eigenvalue weighted by atomic mass is 19.1. The van der Waals surface area contributed by atoms with Crippen LogP contribution in [0.4, 0.5) is 4.39 Å². The molecule has 1 aromatic carbocycles. The van der Waals surface area contributed by atoms with Crippen LogP contribution in [0.15, 0.2) is 18.2 Å². The summed E-state index contributed by atoms with van der Waals surface area (Å²) in [7, 11) is 1.17. The van der Waals surface area contributed by atoms with Gasteiger partial charge in [-0.2, -0.15) is 5.26 Å². The first kappa shape index (κ1) is 11.1. The lowest BCUT2D eigenvalue weighted by molar-refractivity contribution is -0.00682. The fraction of sp³-hybridized carbons (Fsp3) is 0.200. The first-order valence-corrected chi connectivity index (χ1v) is 4.11. The Morgan fingerprint density at radius 3 is 2.80 bits per heavy atom. The Kier molecular flexibility index (Phi) is 3.37. The molecule has 1 amide bonds. The van der Waals surface area contributed by atoms with Crippen molar-refractivity contribution in [3.63, 3.8) is 0 Å². The summed E-state index contributed by atoms with van der Waals surface area (Å²) in [6, 6.07) is 5.72. The summed E-state index contributed by atoms with van der Waals surface area (Å²) >= 11 is 0. The number of hydrogen-bond acceptors (Lipinski definition) is 3. The minimum Gasteiger partial charge on any atom is -0.366 e. The average Bonchev–Trinajstić information content (AvgIpc) is 2.27. The van der Waals surface area contributed by atoms with E-state index in [2.05, 4.69) is 4.74 Å². The molecule has 0 radical (unpaired) electrons. The highest BCUT2D eigenvalue weighted by Crippen LogP contribution is 2.22. The van der Waals surface area contributed by atoms with Crippen molar-refractivity contribution in [1.29, 1.82) is 5.26 Å². The molecule has 1 aromatic rings. The fourth-order valence-corrected chi connectivity index (χ4v) is 1.13. The first-order valence-electron chi connectivity index (χ1n) is 4.11. The Balaban J connectivity index is 3.26. The molecule has 5 heteroatoms. The number of primary amides is 1. The van der Waals surface area contributed by atoms with E-state index in [4.69, 9.17) is 11.0 Å². The van der Waals surface area contributed by atoms with Crippen LogP contribution in [0, 0.1) is 11.3 Å². The molecule has 1 rings (SSSR count). The number of alkyl halides is 1. The van der Waals surface area contributed by atoms with E-state index < -0.39 is 12.3 Å². The molecule has 1 atom stereocenters. The number of hydrogen-bond donors (Lipinski definition) is 1. The van der Waals surface area contributed by atoms with Crippen molar-refractivity contribution in [2.75, 3.05) is 7.11 Å². The molecule has 0 fully saturated rings. The van der Waals surface area contributed by atoms with E-state index in [9.17, 15) is 9.18 Å². The molecule has 0 saturated carbocycles. The number of amides is 1. The first-order chi connectivity index (χ1) is 7.10. The largest absolute Gasteiger partial charge is 0.366 e. The summed E-state index contributed by atoms with van der Waals surface area (Å²) < 4.78 is 17.7. The smallest absolute Gasteiger partial charge is 0.248 e. The highest BCUT2D eigenvalue weighted by Gasteiger charge is 2.15. The van der Waals surface area contributed by atoms with E-state index in [1.807, 2.05) is 0 Å². The van der Waals surface area contributed by atoms with E-state index in [1.165, 1.54) is 25.3 Å². The minimum absolute atomic E-state index is 0.0105. The van der Waals surface area contributed by atoms with Crippen LogP contribution in [-0.2, 0) is 4.74 Å². The second-order valence-electron chi connectivity index (χ2n) is 2.83. The number of benzene rings is 1. The Hall–Kier alpha value is -1.93. The van der Waals surface area contributed by atoms with Crippen molar-refractivity contribution in [3.8, 4) is 6.07 Å². The minimum atomic E-state index is -1.74. The van der Waals surface area contributed by atoms with Crippen LogP contribution >= 0.6 is 0 Å². The maximum Gasteiger partial charge on any atom is 0.248 e. The number of nitrogens with zero attached hydrogens (tertiary/aromatic N) is 1. The predicted octanol–water partition coefficient (Wildman–Crippen LogP) is 1.27. The van der Waals surface area contributed by atoms with Crippen LogP contribution in [0.5, 0.6) is 0 Å². The zero-order valence-electron chi connectivity index (χ0n) is 8.03. The van der Waals surface area contributed by atoms with Gasteiger partial charge in [0.05, 0.1) is 11.6 Å². The van der Waals surface area contributed by atoms with Crippen molar-refractivity contribution < 1.29 is 13.9 Å². The summed E-state index contributed by atoms with van der Waals surface area (Å²) in [5.74, 6) is -0.677. The van der Waals surface area contributed by atoms with E-state index in [-0.39, 0.29) is 16.7 Å². The lowest BCUT2D eigenvalue weighted by Crippen LogP contribution is -2.12. The Labute approximate surface area is 86.1 Å². The normalized spacial score (nSPS) is 11.8. The Morgan fingerprint density at radius 1 is 1.67 bits per heavy atom. The number of carbonyl (C=O) groups excluding carboxylic acids is 1. The van der Waals surface area contributed by atoms with Crippen molar-refractivity contribution in [2.24, 2.45) is 5.73 Å². The standard InChI is InChI=1S/C10H9FN2O2/c1-15-9(11)8-4-6(10(13)14)2-3-7(8)5-12/h2-4,9H,1H3,(H2,13,14). The number of halogens is 1. The lowest BCUT2D eigenvalue weighted by Gasteiger charge is -2.09. The second kappa shape index (κ2) is 4.53. The van der Waals surface area contributed by atoms with Gasteiger partial charge in [-0.1, -0.05) is 0 Å².